The summed E-state index contributed by atoms with van der Waals surface area (Å²) in [6.45, 7) is 6.86. The van der Waals surface area contributed by atoms with Crippen LogP contribution in [0.1, 0.15) is 34.2 Å². The highest BCUT2D eigenvalue weighted by molar-refractivity contribution is 7.91. The Morgan fingerprint density at radius 2 is 1.96 bits per heavy atom. The molecule has 4 rings (SSSR count). The molecule has 0 unspecified atom stereocenters. The lowest BCUT2D eigenvalue weighted by atomic mass is 10.2. The third kappa shape index (κ3) is 3.50. The predicted molar refractivity (Wildman–Crippen MR) is 106 cm³/mol. The average Bonchev–Trinajstić information content (AvgIpc) is 3.35. The summed E-state index contributed by atoms with van der Waals surface area (Å²) < 4.78 is 25.6. The normalized spacial score (nSPS) is 22.4. The van der Waals surface area contributed by atoms with E-state index in [-0.39, 0.29) is 23.5 Å². The summed E-state index contributed by atoms with van der Waals surface area (Å²) >= 11 is 1.54. The number of thiophene rings is 1. The van der Waals surface area contributed by atoms with Crippen LogP contribution in [0.4, 0.5) is 5.69 Å². The molecule has 2 aromatic rings. The van der Waals surface area contributed by atoms with Crippen molar-refractivity contribution in [3.63, 3.8) is 0 Å². The quantitative estimate of drug-likeness (QED) is 0.775. The zero-order valence-corrected chi connectivity index (χ0v) is 17.2. The van der Waals surface area contributed by atoms with Crippen molar-refractivity contribution in [2.75, 3.05) is 42.6 Å². The number of aromatic nitrogens is 2. The lowest BCUT2D eigenvalue weighted by Gasteiger charge is -2.36. The Morgan fingerprint density at radius 3 is 2.56 bits per heavy atom. The molecule has 2 saturated heterocycles. The van der Waals surface area contributed by atoms with Crippen molar-refractivity contribution < 1.29 is 13.2 Å². The van der Waals surface area contributed by atoms with Crippen molar-refractivity contribution in [1.29, 1.82) is 0 Å². The second-order valence-corrected chi connectivity index (χ2v) is 10.3. The molecule has 0 aliphatic carbocycles. The summed E-state index contributed by atoms with van der Waals surface area (Å²) in [5.41, 5.74) is 3.79. The van der Waals surface area contributed by atoms with Gasteiger partial charge in [0, 0.05) is 31.6 Å². The highest BCUT2D eigenvalue weighted by atomic mass is 32.2. The SMILES string of the molecule is Cc1nn([C@H]2CCS(=O)(=O)C2)c(C)c1N1CCN(C(=O)c2ccsc2)CC1. The Kier molecular flexibility index (Phi) is 4.75. The van der Waals surface area contributed by atoms with E-state index in [2.05, 4.69) is 10.00 Å². The smallest absolute Gasteiger partial charge is 0.254 e. The zero-order valence-electron chi connectivity index (χ0n) is 15.6. The summed E-state index contributed by atoms with van der Waals surface area (Å²) in [5, 5.41) is 8.48. The van der Waals surface area contributed by atoms with Gasteiger partial charge >= 0.3 is 0 Å². The van der Waals surface area contributed by atoms with Crippen molar-refractivity contribution in [1.82, 2.24) is 14.7 Å². The van der Waals surface area contributed by atoms with Crippen LogP contribution in [0.25, 0.3) is 0 Å². The van der Waals surface area contributed by atoms with Gasteiger partial charge in [-0.2, -0.15) is 16.4 Å². The number of sulfone groups is 1. The van der Waals surface area contributed by atoms with Gasteiger partial charge in [0.25, 0.3) is 5.91 Å². The molecule has 9 heteroatoms. The number of aryl methyl sites for hydroxylation is 1. The van der Waals surface area contributed by atoms with Gasteiger partial charge in [0.15, 0.2) is 9.84 Å². The fourth-order valence-electron chi connectivity index (χ4n) is 4.14. The molecule has 0 radical (unpaired) electrons. The fourth-order valence-corrected chi connectivity index (χ4v) is 6.46. The number of nitrogens with zero attached hydrogens (tertiary/aromatic N) is 4. The average molecular weight is 409 g/mol. The van der Waals surface area contributed by atoms with Crippen molar-refractivity contribution in [2.24, 2.45) is 0 Å². The summed E-state index contributed by atoms with van der Waals surface area (Å²) in [5.74, 6) is 0.516. The molecule has 2 aliphatic rings. The number of anilines is 1. The first kappa shape index (κ1) is 18.5. The Morgan fingerprint density at radius 1 is 1.22 bits per heavy atom. The van der Waals surface area contributed by atoms with Gasteiger partial charge in [0.2, 0.25) is 0 Å². The third-order valence-corrected chi connectivity index (χ3v) is 7.93. The Hall–Kier alpha value is -1.87. The summed E-state index contributed by atoms with van der Waals surface area (Å²) in [6, 6.07) is 1.80. The van der Waals surface area contributed by atoms with E-state index in [4.69, 9.17) is 0 Å². The molecule has 0 spiro atoms. The molecule has 2 fully saturated rings. The summed E-state index contributed by atoms with van der Waals surface area (Å²) in [4.78, 5) is 16.7. The van der Waals surface area contributed by atoms with Crippen molar-refractivity contribution in [3.8, 4) is 0 Å². The maximum Gasteiger partial charge on any atom is 0.254 e. The molecule has 2 aromatic heterocycles. The number of hydrogen-bond donors (Lipinski definition) is 0. The first-order chi connectivity index (χ1) is 12.9. The van der Waals surface area contributed by atoms with Crippen LogP contribution in [-0.2, 0) is 9.84 Å². The largest absolute Gasteiger partial charge is 0.365 e. The van der Waals surface area contributed by atoms with E-state index in [1.165, 1.54) is 11.3 Å². The molecule has 0 bridgehead atoms. The minimum atomic E-state index is -2.94. The van der Waals surface area contributed by atoms with Crippen molar-refractivity contribution in [3.05, 3.63) is 33.8 Å². The van der Waals surface area contributed by atoms with Crippen LogP contribution in [0.5, 0.6) is 0 Å². The van der Waals surface area contributed by atoms with Gasteiger partial charge in [-0.3, -0.25) is 9.48 Å². The maximum atomic E-state index is 12.5. The van der Waals surface area contributed by atoms with E-state index in [9.17, 15) is 13.2 Å². The first-order valence-electron chi connectivity index (χ1n) is 9.18. The molecular weight excluding hydrogens is 384 g/mol. The van der Waals surface area contributed by atoms with Crippen LogP contribution in [0.2, 0.25) is 0 Å². The van der Waals surface area contributed by atoms with E-state index in [1.807, 2.05) is 40.3 Å². The molecule has 0 N–H and O–H groups in total. The molecule has 0 aromatic carbocycles. The van der Waals surface area contributed by atoms with Gasteiger partial charge in [-0.05, 0) is 31.7 Å². The number of hydrogen-bond acceptors (Lipinski definition) is 6. The first-order valence-corrected chi connectivity index (χ1v) is 11.9. The number of amides is 1. The second kappa shape index (κ2) is 6.94. The number of carbonyl (C=O) groups is 1. The van der Waals surface area contributed by atoms with E-state index < -0.39 is 9.84 Å². The fraction of sp³-hybridized carbons (Fsp3) is 0.556. The second-order valence-electron chi connectivity index (χ2n) is 7.31. The van der Waals surface area contributed by atoms with Gasteiger partial charge in [0.05, 0.1) is 40.2 Å². The predicted octanol–water partition coefficient (Wildman–Crippen LogP) is 1.88. The van der Waals surface area contributed by atoms with Crippen molar-refractivity contribution >= 4 is 32.8 Å². The Bertz CT molecular complexity index is 942. The molecule has 1 atom stereocenters. The topological polar surface area (TPSA) is 75.5 Å². The maximum absolute atomic E-state index is 12.5. The molecule has 2 aliphatic heterocycles. The summed E-state index contributed by atoms with van der Waals surface area (Å²) in [6.07, 6.45) is 0.632. The molecular formula is C18H24N4O3S2. The van der Waals surface area contributed by atoms with Gasteiger partial charge in [-0.15, -0.1) is 0 Å². The zero-order chi connectivity index (χ0) is 19.2. The Labute approximate surface area is 163 Å². The van der Waals surface area contributed by atoms with Crippen LogP contribution < -0.4 is 4.90 Å². The molecule has 4 heterocycles. The van der Waals surface area contributed by atoms with E-state index in [0.29, 0.717) is 19.5 Å². The van der Waals surface area contributed by atoms with Crippen LogP contribution in [0.15, 0.2) is 16.8 Å². The monoisotopic (exact) mass is 408 g/mol. The van der Waals surface area contributed by atoms with Gasteiger partial charge in [0.1, 0.15) is 0 Å². The van der Waals surface area contributed by atoms with E-state index in [0.717, 1.165) is 35.7 Å². The number of rotatable bonds is 3. The molecule has 0 saturated carbocycles. The minimum absolute atomic E-state index is 0.0658. The molecule has 7 nitrogen and oxygen atoms in total. The molecule has 146 valence electrons. The van der Waals surface area contributed by atoms with Crippen LogP contribution in [0.3, 0.4) is 0 Å². The molecule has 1 amide bonds. The summed E-state index contributed by atoms with van der Waals surface area (Å²) in [7, 11) is -2.94. The number of carbonyl (C=O) groups excluding carboxylic acids is 1. The van der Waals surface area contributed by atoms with Crippen LogP contribution in [-0.4, -0.2) is 66.7 Å². The minimum Gasteiger partial charge on any atom is -0.365 e. The Balaban J connectivity index is 1.48. The van der Waals surface area contributed by atoms with E-state index in [1.54, 1.807) is 0 Å². The standard InChI is InChI=1S/C18H24N4O3S2/c1-13-17(14(2)22(19-13)16-4-10-27(24,25)12-16)20-5-7-21(8-6-20)18(23)15-3-9-26-11-15/h3,9,11,16H,4-8,10,12H2,1-2H3/t16-/m0/s1. The third-order valence-electron chi connectivity index (χ3n) is 5.49. The highest BCUT2D eigenvalue weighted by Gasteiger charge is 2.33. The molecule has 27 heavy (non-hydrogen) atoms. The van der Waals surface area contributed by atoms with Gasteiger partial charge < -0.3 is 9.80 Å². The van der Waals surface area contributed by atoms with Gasteiger partial charge in [-0.1, -0.05) is 0 Å². The van der Waals surface area contributed by atoms with Crippen LogP contribution >= 0.6 is 11.3 Å². The van der Waals surface area contributed by atoms with Gasteiger partial charge in [-0.25, -0.2) is 8.42 Å². The highest BCUT2D eigenvalue weighted by Crippen LogP contribution is 2.31. The van der Waals surface area contributed by atoms with Crippen molar-refractivity contribution in [2.45, 2.75) is 26.3 Å². The number of piperazine rings is 1. The lowest BCUT2D eigenvalue weighted by Crippen LogP contribution is -2.49. The van der Waals surface area contributed by atoms with E-state index >= 15 is 0 Å². The van der Waals surface area contributed by atoms with Crippen LogP contribution in [0, 0.1) is 13.8 Å². The lowest BCUT2D eigenvalue weighted by molar-refractivity contribution is 0.0747.